The third kappa shape index (κ3) is 3.50. The van der Waals surface area contributed by atoms with Crippen LogP contribution in [0.25, 0.3) is 0 Å². The Morgan fingerprint density at radius 1 is 1.17 bits per heavy atom. The lowest BCUT2D eigenvalue weighted by Crippen LogP contribution is -2.40. The minimum atomic E-state index is -0.331. The smallest absolute Gasteiger partial charge is 0.254 e. The summed E-state index contributed by atoms with van der Waals surface area (Å²) in [5, 5.41) is 0. The summed E-state index contributed by atoms with van der Waals surface area (Å²) in [6.45, 7) is 0.692. The van der Waals surface area contributed by atoms with Crippen molar-refractivity contribution in [3.05, 3.63) is 65.5 Å². The molecule has 1 amide bonds. The number of hydrogen-bond donors (Lipinski definition) is 0. The Hall–Kier alpha value is -2.01. The Morgan fingerprint density at radius 2 is 1.87 bits per heavy atom. The molecule has 0 aliphatic carbocycles. The van der Waals surface area contributed by atoms with Crippen molar-refractivity contribution in [2.24, 2.45) is 0 Å². The van der Waals surface area contributed by atoms with Crippen molar-refractivity contribution in [3.63, 3.8) is 0 Å². The van der Waals surface area contributed by atoms with Crippen molar-refractivity contribution in [2.45, 2.75) is 6.04 Å². The highest BCUT2D eigenvalue weighted by Gasteiger charge is 2.29. The van der Waals surface area contributed by atoms with Gasteiger partial charge in [0.2, 0.25) is 0 Å². The summed E-state index contributed by atoms with van der Waals surface area (Å²) in [5.41, 5.74) is 1.62. The van der Waals surface area contributed by atoms with Crippen molar-refractivity contribution in [1.82, 2.24) is 4.90 Å². The first-order valence-electron chi connectivity index (χ1n) is 7.47. The molecule has 120 valence electrons. The van der Waals surface area contributed by atoms with Crippen molar-refractivity contribution < 1.29 is 13.9 Å². The van der Waals surface area contributed by atoms with Gasteiger partial charge in [0.05, 0.1) is 13.2 Å². The number of methoxy groups -OCH3 is 1. The van der Waals surface area contributed by atoms with Crippen LogP contribution in [0.1, 0.15) is 22.0 Å². The number of amides is 1. The van der Waals surface area contributed by atoms with Crippen molar-refractivity contribution in [1.29, 1.82) is 0 Å². The van der Waals surface area contributed by atoms with E-state index in [0.29, 0.717) is 12.1 Å². The first-order valence-corrected chi connectivity index (χ1v) is 8.63. The average molecular weight is 331 g/mol. The minimum Gasteiger partial charge on any atom is -0.497 e. The number of hydrogen-bond acceptors (Lipinski definition) is 3. The molecule has 0 saturated carbocycles. The Labute approximate surface area is 139 Å². The molecule has 1 aliphatic heterocycles. The molecule has 23 heavy (non-hydrogen) atoms. The lowest BCUT2D eigenvalue weighted by molar-refractivity contribution is 0.0701. The molecule has 5 heteroatoms. The van der Waals surface area contributed by atoms with E-state index in [4.69, 9.17) is 4.74 Å². The van der Waals surface area contributed by atoms with E-state index in [-0.39, 0.29) is 17.8 Å². The molecule has 1 unspecified atom stereocenters. The van der Waals surface area contributed by atoms with E-state index in [0.717, 1.165) is 22.8 Å². The molecule has 1 aliphatic rings. The maximum absolute atomic E-state index is 13.1. The van der Waals surface area contributed by atoms with Crippen LogP contribution >= 0.6 is 11.8 Å². The van der Waals surface area contributed by atoms with E-state index in [1.165, 1.54) is 12.1 Å². The molecule has 0 aromatic heterocycles. The summed E-state index contributed by atoms with van der Waals surface area (Å²) < 4.78 is 18.3. The van der Waals surface area contributed by atoms with E-state index < -0.39 is 0 Å². The number of nitrogens with zero attached hydrogens (tertiary/aromatic N) is 1. The second kappa shape index (κ2) is 7.04. The molecule has 3 rings (SSSR count). The van der Waals surface area contributed by atoms with Gasteiger partial charge < -0.3 is 9.64 Å². The fraction of sp³-hybridized carbons (Fsp3) is 0.278. The summed E-state index contributed by atoms with van der Waals surface area (Å²) >= 11 is 1.84. The van der Waals surface area contributed by atoms with Gasteiger partial charge in [-0.05, 0) is 42.0 Å². The summed E-state index contributed by atoms with van der Waals surface area (Å²) in [5.74, 6) is 2.20. The van der Waals surface area contributed by atoms with Crippen LogP contribution in [-0.4, -0.2) is 36.0 Å². The zero-order valence-corrected chi connectivity index (χ0v) is 13.7. The fourth-order valence-corrected chi connectivity index (χ4v) is 3.80. The van der Waals surface area contributed by atoms with E-state index in [9.17, 15) is 9.18 Å². The lowest BCUT2D eigenvalue weighted by Gasteiger charge is -2.36. The second-order valence-corrected chi connectivity index (χ2v) is 6.52. The van der Waals surface area contributed by atoms with Crippen LogP contribution < -0.4 is 4.74 Å². The van der Waals surface area contributed by atoms with Gasteiger partial charge in [0.15, 0.2) is 0 Å². The maximum Gasteiger partial charge on any atom is 0.254 e. The van der Waals surface area contributed by atoms with Crippen molar-refractivity contribution >= 4 is 17.7 Å². The second-order valence-electron chi connectivity index (χ2n) is 5.37. The standard InChI is InChI=1S/C18H18FNO2S/c1-22-16-8-4-13(5-9-16)17-12-23-11-10-20(17)18(21)14-2-6-15(19)7-3-14/h2-9,17H,10-12H2,1H3. The third-order valence-electron chi connectivity index (χ3n) is 3.98. The number of benzene rings is 2. The highest BCUT2D eigenvalue weighted by Crippen LogP contribution is 2.31. The maximum atomic E-state index is 13.1. The number of carbonyl (C=O) groups excluding carboxylic acids is 1. The topological polar surface area (TPSA) is 29.5 Å². The van der Waals surface area contributed by atoms with Crippen molar-refractivity contribution in [3.8, 4) is 5.75 Å². The molecule has 1 saturated heterocycles. The number of ether oxygens (including phenoxy) is 1. The van der Waals surface area contributed by atoms with Gasteiger partial charge >= 0.3 is 0 Å². The van der Waals surface area contributed by atoms with E-state index in [2.05, 4.69) is 0 Å². The normalized spacial score (nSPS) is 17.8. The van der Waals surface area contributed by atoms with E-state index >= 15 is 0 Å². The monoisotopic (exact) mass is 331 g/mol. The predicted octanol–water partition coefficient (Wildman–Crippen LogP) is 3.76. The number of carbonyl (C=O) groups is 1. The zero-order chi connectivity index (χ0) is 16.2. The van der Waals surface area contributed by atoms with Gasteiger partial charge in [0.1, 0.15) is 11.6 Å². The van der Waals surface area contributed by atoms with Gasteiger partial charge in [-0.3, -0.25) is 4.79 Å². The summed E-state index contributed by atoms with van der Waals surface area (Å²) in [7, 11) is 1.63. The Kier molecular flexibility index (Phi) is 4.86. The van der Waals surface area contributed by atoms with Crippen LogP contribution in [0.4, 0.5) is 4.39 Å². The molecule has 0 bridgehead atoms. The van der Waals surface area contributed by atoms with Crippen LogP contribution in [-0.2, 0) is 0 Å². The number of thioether (sulfide) groups is 1. The largest absolute Gasteiger partial charge is 0.497 e. The predicted molar refractivity (Wildman–Crippen MR) is 90.5 cm³/mol. The third-order valence-corrected chi connectivity index (χ3v) is 5.00. The SMILES string of the molecule is COc1ccc(C2CSCCN2C(=O)c2ccc(F)cc2)cc1. The Balaban J connectivity index is 1.85. The molecular weight excluding hydrogens is 313 g/mol. The van der Waals surface area contributed by atoms with Crippen molar-refractivity contribution in [2.75, 3.05) is 25.2 Å². The molecule has 0 radical (unpaired) electrons. The first kappa shape index (κ1) is 15.9. The average Bonchev–Trinajstić information content (AvgIpc) is 2.62. The summed E-state index contributed by atoms with van der Waals surface area (Å²) in [6, 6.07) is 13.6. The minimum absolute atomic E-state index is 0.0252. The van der Waals surface area contributed by atoms with Gasteiger partial charge in [0.25, 0.3) is 5.91 Å². The molecule has 1 atom stereocenters. The number of halogens is 1. The van der Waals surface area contributed by atoms with Crippen LogP contribution in [0.3, 0.4) is 0 Å². The fourth-order valence-electron chi connectivity index (χ4n) is 2.71. The van der Waals surface area contributed by atoms with Crippen LogP contribution in [0, 0.1) is 5.82 Å². The zero-order valence-electron chi connectivity index (χ0n) is 12.9. The lowest BCUT2D eigenvalue weighted by atomic mass is 10.0. The van der Waals surface area contributed by atoms with Gasteiger partial charge in [-0.15, -0.1) is 0 Å². The van der Waals surface area contributed by atoms with Crippen LogP contribution in [0.15, 0.2) is 48.5 Å². The number of rotatable bonds is 3. The molecule has 1 fully saturated rings. The molecule has 2 aromatic carbocycles. The summed E-state index contributed by atoms with van der Waals surface area (Å²) in [6.07, 6.45) is 0. The van der Waals surface area contributed by atoms with Gasteiger partial charge in [0, 0.05) is 23.6 Å². The van der Waals surface area contributed by atoms with Crippen LogP contribution in [0.2, 0.25) is 0 Å². The van der Waals surface area contributed by atoms with E-state index in [1.54, 1.807) is 19.2 Å². The van der Waals surface area contributed by atoms with Gasteiger partial charge in [-0.2, -0.15) is 11.8 Å². The highest BCUT2D eigenvalue weighted by atomic mass is 32.2. The molecular formula is C18H18FNO2S. The molecule has 3 nitrogen and oxygen atoms in total. The van der Waals surface area contributed by atoms with Gasteiger partial charge in [-0.1, -0.05) is 12.1 Å². The van der Waals surface area contributed by atoms with Gasteiger partial charge in [-0.25, -0.2) is 4.39 Å². The molecule has 2 aromatic rings. The quantitative estimate of drug-likeness (QED) is 0.857. The molecule has 0 spiro atoms. The Morgan fingerprint density at radius 3 is 2.52 bits per heavy atom. The summed E-state index contributed by atoms with van der Waals surface area (Å²) in [4.78, 5) is 14.7. The highest BCUT2D eigenvalue weighted by molar-refractivity contribution is 7.99. The molecule has 0 N–H and O–H groups in total. The first-order chi connectivity index (χ1) is 11.2. The van der Waals surface area contributed by atoms with E-state index in [1.807, 2.05) is 40.9 Å². The molecule has 1 heterocycles. The Bertz CT molecular complexity index is 672. The van der Waals surface area contributed by atoms with Crippen LogP contribution in [0.5, 0.6) is 5.75 Å².